The molecule has 0 bridgehead atoms. The van der Waals surface area contributed by atoms with E-state index in [1.165, 1.54) is 14.2 Å². The van der Waals surface area contributed by atoms with Crippen LogP contribution in [0.2, 0.25) is 0 Å². The molecule has 0 unspecified atom stereocenters. The number of ether oxygens (including phenoxy) is 2. The van der Waals surface area contributed by atoms with E-state index >= 15 is 0 Å². The third-order valence-electron chi connectivity index (χ3n) is 2.42. The van der Waals surface area contributed by atoms with E-state index in [-0.39, 0.29) is 46.4 Å². The number of carbonyl (C=O) groups excluding carboxylic acids is 2. The van der Waals surface area contributed by atoms with E-state index in [2.05, 4.69) is 67.6 Å². The third kappa shape index (κ3) is 29.8. The SMILES string of the molecule is C#CCC(CC(C)=C=C)(C(=O)OC)C(=O)OC.[C-]#[O+].[C-]#[O+].[C-]#[O+].[C-]#[O+].[C-]#[O+].[C-]#[O+].[Co].[Co]. The monoisotopic (exact) mass is 522 g/mol. The predicted molar refractivity (Wildman–Crippen MR) is 86.4 cm³/mol. The van der Waals surface area contributed by atoms with Gasteiger partial charge >= 0.3 is 79.8 Å². The summed E-state index contributed by atoms with van der Waals surface area (Å²) in [5, 5.41) is 0. The summed E-state index contributed by atoms with van der Waals surface area (Å²) in [5.41, 5.74) is 1.75. The van der Waals surface area contributed by atoms with Crippen LogP contribution in [0.15, 0.2) is 17.9 Å². The largest absolute Gasteiger partial charge is 0 e. The van der Waals surface area contributed by atoms with Gasteiger partial charge in [0.15, 0.2) is 5.41 Å². The molecule has 31 heavy (non-hydrogen) atoms. The fraction of sp³-hybridized carbons (Fsp3) is 0.316. The molecule has 0 N–H and O–H groups in total. The number of terminal acetylenes is 1. The molecule has 0 saturated carbocycles. The molecule has 0 atom stereocenters. The topological polar surface area (TPSA) is 172 Å². The zero-order valence-electron chi connectivity index (χ0n) is 16.4. The van der Waals surface area contributed by atoms with E-state index < -0.39 is 17.4 Å². The van der Waals surface area contributed by atoms with Crippen LogP contribution in [-0.4, -0.2) is 26.2 Å². The number of carbonyl (C=O) groups is 2. The maximum atomic E-state index is 11.8. The second-order valence-corrected chi connectivity index (χ2v) is 3.58. The fourth-order valence-electron chi connectivity index (χ4n) is 1.51. The third-order valence-corrected chi connectivity index (χ3v) is 2.42. The number of hydrogen-bond donors (Lipinski definition) is 0. The molecule has 2 radical (unpaired) electrons. The van der Waals surface area contributed by atoms with Gasteiger partial charge in [-0.1, -0.05) is 6.58 Å². The summed E-state index contributed by atoms with van der Waals surface area (Å²) in [5.74, 6) is 0.883. The van der Waals surface area contributed by atoms with Crippen molar-refractivity contribution in [2.75, 3.05) is 14.2 Å². The molecule has 0 heterocycles. The molecule has 0 amide bonds. The number of hydrogen-bond acceptors (Lipinski definition) is 4. The van der Waals surface area contributed by atoms with Crippen LogP contribution in [0.5, 0.6) is 0 Å². The zero-order chi connectivity index (χ0) is 25.5. The van der Waals surface area contributed by atoms with E-state index in [4.69, 9.17) is 34.3 Å². The van der Waals surface area contributed by atoms with Crippen LogP contribution in [0, 0.1) is 57.7 Å². The molecule has 0 spiro atoms. The van der Waals surface area contributed by atoms with E-state index in [1.807, 2.05) is 0 Å². The molecule has 0 aliphatic carbocycles. The molecular formula is C19H16Co2O10. The van der Waals surface area contributed by atoms with Crippen molar-refractivity contribution in [3.8, 4) is 12.3 Å². The minimum atomic E-state index is -1.51. The number of esters is 2. The standard InChI is InChI=1S/C13H16O4.6CO.2Co/c1-6-8-13(11(14)16-4,12(15)17-5)9-10(3)7-2;6*1-2;;/h1H,2,8-9H2,3-5H3;;;;;;;;. The average molecular weight is 522 g/mol. The summed E-state index contributed by atoms with van der Waals surface area (Å²) >= 11 is 0. The molecule has 12 heteroatoms. The smallest absolute Gasteiger partial charge is 0 e. The molecule has 10 nitrogen and oxygen atoms in total. The quantitative estimate of drug-likeness (QED) is 0.132. The molecule has 0 aromatic heterocycles. The van der Waals surface area contributed by atoms with Crippen LogP contribution in [-0.2, 0) is 80.5 Å². The Labute approximate surface area is 201 Å². The maximum absolute atomic E-state index is 11.8. The van der Waals surface area contributed by atoms with Crippen LogP contribution in [0.25, 0.3) is 0 Å². The summed E-state index contributed by atoms with van der Waals surface area (Å²) in [6.07, 6.45) is 5.20. The van der Waals surface area contributed by atoms with Gasteiger partial charge in [-0.3, -0.25) is 9.59 Å². The van der Waals surface area contributed by atoms with Crippen molar-refractivity contribution in [3.05, 3.63) is 57.8 Å². The van der Waals surface area contributed by atoms with Gasteiger partial charge in [-0.25, -0.2) is 0 Å². The van der Waals surface area contributed by atoms with Crippen molar-refractivity contribution in [2.45, 2.75) is 19.8 Å². The number of rotatable bonds is 5. The summed E-state index contributed by atoms with van der Waals surface area (Å²) in [6.45, 7) is 32.2. The van der Waals surface area contributed by atoms with Gasteiger partial charge in [0.05, 0.1) is 14.2 Å². The number of methoxy groups -OCH3 is 2. The van der Waals surface area contributed by atoms with Gasteiger partial charge in [0.2, 0.25) is 0 Å². The zero-order valence-corrected chi connectivity index (χ0v) is 18.5. The van der Waals surface area contributed by atoms with Crippen LogP contribution in [0.1, 0.15) is 19.8 Å². The Morgan fingerprint density at radius 2 is 1.10 bits per heavy atom. The number of allylic oxidation sites excluding steroid dienone is 1. The molecule has 0 saturated heterocycles. The van der Waals surface area contributed by atoms with Crippen LogP contribution >= 0.6 is 0 Å². The van der Waals surface area contributed by atoms with Gasteiger partial charge in [0, 0.05) is 46.4 Å². The van der Waals surface area contributed by atoms with Crippen molar-refractivity contribution < 1.29 is 80.5 Å². The van der Waals surface area contributed by atoms with Crippen molar-refractivity contribution >= 4 is 11.9 Å². The van der Waals surface area contributed by atoms with Crippen LogP contribution in [0.3, 0.4) is 0 Å². The molecule has 0 rings (SSSR count). The normalized spacial score (nSPS) is 5.74. The van der Waals surface area contributed by atoms with E-state index in [0.29, 0.717) is 5.57 Å². The second kappa shape index (κ2) is 56.4. The van der Waals surface area contributed by atoms with E-state index in [0.717, 1.165) is 0 Å². The Hall–Kier alpha value is -2.53. The first-order valence-electron chi connectivity index (χ1n) is 6.16. The molecule has 0 fully saturated rings. The molecule has 0 aromatic rings. The first-order chi connectivity index (χ1) is 14.0. The average Bonchev–Trinajstić information content (AvgIpc) is 2.85. The summed E-state index contributed by atoms with van der Waals surface area (Å²) in [6, 6.07) is 0. The fourth-order valence-corrected chi connectivity index (χ4v) is 1.51. The Bertz CT molecular complexity index is 580. The molecule has 170 valence electrons. The van der Waals surface area contributed by atoms with Crippen molar-refractivity contribution in [1.82, 2.24) is 0 Å². The van der Waals surface area contributed by atoms with Gasteiger partial charge in [-0.05, 0) is 12.5 Å². The first-order valence-corrected chi connectivity index (χ1v) is 6.16. The predicted octanol–water partition coefficient (Wildman–Crippen LogP) is 1.23. The van der Waals surface area contributed by atoms with Crippen molar-refractivity contribution in [2.24, 2.45) is 5.41 Å². The molecule has 0 aromatic carbocycles. The van der Waals surface area contributed by atoms with Gasteiger partial charge in [-0.2, -0.15) is 0 Å². The summed E-state index contributed by atoms with van der Waals surface area (Å²) < 4.78 is 54.3. The van der Waals surface area contributed by atoms with Gasteiger partial charge < -0.3 is 9.47 Å². The Morgan fingerprint density at radius 3 is 1.26 bits per heavy atom. The Balaban J connectivity index is -0.0000000424. The molecule has 0 aliphatic heterocycles. The molecule has 0 aliphatic rings. The summed E-state index contributed by atoms with van der Waals surface area (Å²) in [7, 11) is 2.40. The summed E-state index contributed by atoms with van der Waals surface area (Å²) in [4.78, 5) is 23.6. The second-order valence-electron chi connectivity index (χ2n) is 3.58. The van der Waals surface area contributed by atoms with Gasteiger partial charge in [0.1, 0.15) is 0 Å². The van der Waals surface area contributed by atoms with Gasteiger partial charge in [0.25, 0.3) is 0 Å². The van der Waals surface area contributed by atoms with Gasteiger partial charge in [-0.15, -0.1) is 18.1 Å². The first kappa shape index (κ1) is 56.7. The Morgan fingerprint density at radius 1 is 0.839 bits per heavy atom. The van der Waals surface area contributed by atoms with Crippen molar-refractivity contribution in [3.63, 3.8) is 0 Å². The van der Waals surface area contributed by atoms with E-state index in [1.54, 1.807) is 6.92 Å². The minimum absolute atomic E-state index is 0. The van der Waals surface area contributed by atoms with Crippen LogP contribution in [0.4, 0.5) is 0 Å². The van der Waals surface area contributed by atoms with Crippen LogP contribution < -0.4 is 0 Å². The minimum Gasteiger partial charge on any atom is 0 e. The van der Waals surface area contributed by atoms with E-state index in [9.17, 15) is 9.59 Å². The maximum Gasteiger partial charge on any atom is 0 e. The molecular weight excluding hydrogens is 506 g/mol. The van der Waals surface area contributed by atoms with Crippen molar-refractivity contribution in [1.29, 1.82) is 0 Å². The Kier molecular flexibility index (Phi) is 103.